The molecule has 0 bridgehead atoms. The van der Waals surface area contributed by atoms with Crippen molar-refractivity contribution in [2.45, 2.75) is 25.9 Å². The van der Waals surface area contributed by atoms with Crippen molar-refractivity contribution in [2.24, 2.45) is 0 Å². The summed E-state index contributed by atoms with van der Waals surface area (Å²) in [6.07, 6.45) is 6.87. The lowest BCUT2D eigenvalue weighted by atomic mass is 10.2. The van der Waals surface area contributed by atoms with Crippen LogP contribution in [-0.2, 0) is 9.53 Å². The van der Waals surface area contributed by atoms with Crippen LogP contribution in [0.5, 0.6) is 0 Å². The largest absolute Gasteiger partial charge is 0.376 e. The quantitative estimate of drug-likeness (QED) is 0.419. The zero-order valence-corrected chi connectivity index (χ0v) is 18.2. The Morgan fingerprint density at radius 1 is 1.47 bits per heavy atom. The first-order valence-corrected chi connectivity index (χ1v) is 11.0. The molecule has 1 unspecified atom stereocenters. The highest BCUT2D eigenvalue weighted by Crippen LogP contribution is 2.34. The van der Waals surface area contributed by atoms with E-state index in [1.807, 2.05) is 13.0 Å². The zero-order valence-electron chi connectivity index (χ0n) is 16.6. The maximum atomic E-state index is 13.2. The van der Waals surface area contributed by atoms with Crippen LogP contribution < -0.4 is 10.9 Å². The van der Waals surface area contributed by atoms with Gasteiger partial charge in [-0.3, -0.25) is 18.9 Å². The molecule has 7 nitrogen and oxygen atoms in total. The van der Waals surface area contributed by atoms with Gasteiger partial charge in [-0.1, -0.05) is 36.1 Å². The normalized spacial score (nSPS) is 20.5. The molecule has 2 aromatic rings. The van der Waals surface area contributed by atoms with Crippen LogP contribution in [0.1, 0.15) is 24.0 Å². The van der Waals surface area contributed by atoms with Crippen LogP contribution in [0.3, 0.4) is 0 Å². The molecule has 1 atom stereocenters. The number of aryl methyl sites for hydroxylation is 1. The van der Waals surface area contributed by atoms with Gasteiger partial charge < -0.3 is 10.1 Å². The van der Waals surface area contributed by atoms with Crippen molar-refractivity contribution in [3.05, 3.63) is 57.4 Å². The Morgan fingerprint density at radius 3 is 3.03 bits per heavy atom. The summed E-state index contributed by atoms with van der Waals surface area (Å²) < 4.78 is 7.61. The Kier molecular flexibility index (Phi) is 6.03. The summed E-state index contributed by atoms with van der Waals surface area (Å²) in [7, 11) is 0. The van der Waals surface area contributed by atoms with Gasteiger partial charge in [-0.05, 0) is 37.5 Å². The van der Waals surface area contributed by atoms with E-state index < -0.39 is 0 Å². The number of nitrogens with one attached hydrogen (secondary N) is 1. The van der Waals surface area contributed by atoms with Gasteiger partial charge in [0.05, 0.1) is 23.1 Å². The van der Waals surface area contributed by atoms with Crippen molar-refractivity contribution in [1.29, 1.82) is 0 Å². The van der Waals surface area contributed by atoms with Crippen molar-refractivity contribution in [1.82, 2.24) is 14.3 Å². The predicted octanol–water partition coefficient (Wildman–Crippen LogP) is 2.98. The number of aromatic nitrogens is 2. The number of thiocarbonyl (C=S) groups is 1. The SMILES string of the molecule is C=CCNc1nc2c(C)cccn2c(=O)c1/C=C1\SC(=S)N(CC2CCCO2)C1=O. The standard InChI is InChI=1S/C21H22N4O3S2/c1-3-8-22-17-15(19(26)24-9-4-6-13(2)18(24)23-17)11-16-20(27)25(21(29)30-16)12-14-7-5-10-28-14/h3-4,6,9,11,14,22H,1,5,7-8,10,12H2,2H3/b16-11-. The lowest BCUT2D eigenvalue weighted by Gasteiger charge is -2.18. The molecular weight excluding hydrogens is 420 g/mol. The van der Waals surface area contributed by atoms with Crippen LogP contribution >= 0.6 is 24.0 Å². The van der Waals surface area contributed by atoms with Gasteiger partial charge in [-0.15, -0.1) is 6.58 Å². The molecule has 0 saturated carbocycles. The highest BCUT2D eigenvalue weighted by Gasteiger charge is 2.35. The van der Waals surface area contributed by atoms with Crippen LogP contribution in [0.25, 0.3) is 11.7 Å². The highest BCUT2D eigenvalue weighted by atomic mass is 32.2. The van der Waals surface area contributed by atoms with Gasteiger partial charge in [-0.25, -0.2) is 4.98 Å². The van der Waals surface area contributed by atoms with Gasteiger partial charge in [0.2, 0.25) is 0 Å². The molecule has 1 N–H and O–H groups in total. The minimum absolute atomic E-state index is 0.00704. The molecule has 0 aromatic carbocycles. The van der Waals surface area contributed by atoms with Crippen LogP contribution in [0.15, 0.2) is 40.7 Å². The number of thioether (sulfide) groups is 1. The Labute approximate surface area is 183 Å². The van der Waals surface area contributed by atoms with Gasteiger partial charge in [0.1, 0.15) is 15.8 Å². The van der Waals surface area contributed by atoms with E-state index in [0.717, 1.165) is 18.4 Å². The first-order valence-electron chi connectivity index (χ1n) is 9.73. The van der Waals surface area contributed by atoms with Gasteiger partial charge in [0, 0.05) is 19.3 Å². The molecule has 0 aliphatic carbocycles. The lowest BCUT2D eigenvalue weighted by Crippen LogP contribution is -2.35. The number of fused-ring (bicyclic) bond motifs is 1. The van der Waals surface area contributed by atoms with E-state index in [1.54, 1.807) is 29.3 Å². The molecule has 0 spiro atoms. The summed E-state index contributed by atoms with van der Waals surface area (Å²) in [4.78, 5) is 32.8. The predicted molar refractivity (Wildman–Crippen MR) is 124 cm³/mol. The molecule has 0 radical (unpaired) electrons. The van der Waals surface area contributed by atoms with Gasteiger partial charge >= 0.3 is 0 Å². The van der Waals surface area contributed by atoms with Crippen molar-refractivity contribution in [3.8, 4) is 0 Å². The molecule has 2 aliphatic rings. The number of hydrogen-bond acceptors (Lipinski definition) is 7. The highest BCUT2D eigenvalue weighted by molar-refractivity contribution is 8.26. The smallest absolute Gasteiger partial charge is 0.267 e. The molecule has 9 heteroatoms. The first-order chi connectivity index (χ1) is 14.5. The third-order valence-electron chi connectivity index (χ3n) is 5.06. The van der Waals surface area contributed by atoms with Gasteiger partial charge in [-0.2, -0.15) is 0 Å². The second kappa shape index (κ2) is 8.71. The van der Waals surface area contributed by atoms with Gasteiger partial charge in [0.25, 0.3) is 11.5 Å². The molecule has 2 saturated heterocycles. The number of nitrogens with zero attached hydrogens (tertiary/aromatic N) is 3. The summed E-state index contributed by atoms with van der Waals surface area (Å²) in [6, 6.07) is 3.70. The fraction of sp³-hybridized carbons (Fsp3) is 0.333. The Morgan fingerprint density at radius 2 is 2.30 bits per heavy atom. The monoisotopic (exact) mass is 442 g/mol. The molecule has 2 fully saturated rings. The Hall–Kier alpha value is -2.49. The fourth-order valence-corrected chi connectivity index (χ4v) is 4.78. The number of anilines is 1. The molecule has 4 heterocycles. The first kappa shape index (κ1) is 20.8. The maximum absolute atomic E-state index is 13.2. The average Bonchev–Trinajstić information content (AvgIpc) is 3.33. The molecule has 30 heavy (non-hydrogen) atoms. The van der Waals surface area contributed by atoms with Crippen molar-refractivity contribution in [3.63, 3.8) is 0 Å². The Balaban J connectivity index is 1.74. The average molecular weight is 443 g/mol. The minimum Gasteiger partial charge on any atom is -0.376 e. The van der Waals surface area contributed by atoms with E-state index in [0.29, 0.717) is 46.0 Å². The van der Waals surface area contributed by atoms with Crippen LogP contribution in [-0.4, -0.2) is 50.3 Å². The number of pyridine rings is 1. The van der Waals surface area contributed by atoms with E-state index in [1.165, 1.54) is 16.2 Å². The van der Waals surface area contributed by atoms with Crippen molar-refractivity contribution in [2.75, 3.05) is 25.0 Å². The number of carbonyl (C=O) groups excluding carboxylic acids is 1. The fourth-order valence-electron chi connectivity index (χ4n) is 3.53. The maximum Gasteiger partial charge on any atom is 0.267 e. The van der Waals surface area contributed by atoms with Crippen LogP contribution in [0, 0.1) is 6.92 Å². The summed E-state index contributed by atoms with van der Waals surface area (Å²) >= 11 is 6.62. The summed E-state index contributed by atoms with van der Waals surface area (Å²) in [5.74, 6) is 0.211. The second-order valence-electron chi connectivity index (χ2n) is 7.16. The van der Waals surface area contributed by atoms with E-state index in [9.17, 15) is 9.59 Å². The van der Waals surface area contributed by atoms with E-state index in [-0.39, 0.29) is 17.6 Å². The Bertz CT molecular complexity index is 1120. The van der Waals surface area contributed by atoms with Crippen molar-refractivity contribution >= 4 is 51.7 Å². The molecule has 4 rings (SSSR count). The van der Waals surface area contributed by atoms with E-state index >= 15 is 0 Å². The van der Waals surface area contributed by atoms with E-state index in [4.69, 9.17) is 17.0 Å². The summed E-state index contributed by atoms with van der Waals surface area (Å²) in [5, 5.41) is 3.12. The third-order valence-corrected chi connectivity index (χ3v) is 6.44. The number of rotatable bonds is 6. The van der Waals surface area contributed by atoms with Gasteiger partial charge in [0.15, 0.2) is 0 Å². The topological polar surface area (TPSA) is 75.9 Å². The zero-order chi connectivity index (χ0) is 21.3. The molecule has 156 valence electrons. The third kappa shape index (κ3) is 3.92. The molecule has 2 aliphatic heterocycles. The van der Waals surface area contributed by atoms with Crippen molar-refractivity contribution < 1.29 is 9.53 Å². The number of hydrogen-bond donors (Lipinski definition) is 1. The molecular formula is C21H22N4O3S2. The molecule has 1 amide bonds. The summed E-state index contributed by atoms with van der Waals surface area (Å²) in [6.45, 7) is 7.20. The summed E-state index contributed by atoms with van der Waals surface area (Å²) in [5.41, 5.74) is 1.51. The second-order valence-corrected chi connectivity index (χ2v) is 8.84. The number of carbonyl (C=O) groups is 1. The van der Waals surface area contributed by atoms with Crippen LogP contribution in [0.2, 0.25) is 0 Å². The lowest BCUT2D eigenvalue weighted by molar-refractivity contribution is -0.123. The number of amides is 1. The molecule has 2 aromatic heterocycles. The minimum atomic E-state index is -0.250. The van der Waals surface area contributed by atoms with E-state index in [2.05, 4.69) is 16.9 Å². The van der Waals surface area contributed by atoms with Crippen LogP contribution in [0.4, 0.5) is 5.82 Å². The number of ether oxygens (including phenoxy) is 1.